The Labute approximate surface area is 115 Å². The van der Waals surface area contributed by atoms with Crippen LogP contribution < -0.4 is 9.46 Å². The quantitative estimate of drug-likeness (QED) is 0.924. The molecule has 0 heterocycles. The lowest BCUT2D eigenvalue weighted by Gasteiger charge is -2.18. The number of hydrogen-bond acceptors (Lipinski definition) is 3. The van der Waals surface area contributed by atoms with Crippen LogP contribution in [0.5, 0.6) is 5.75 Å². The van der Waals surface area contributed by atoms with Crippen molar-refractivity contribution in [2.75, 3.05) is 7.11 Å². The number of nitrogens with one attached hydrogen (secondary N) is 1. The molecule has 1 aromatic carbocycles. The van der Waals surface area contributed by atoms with Crippen LogP contribution in [-0.4, -0.2) is 21.6 Å². The van der Waals surface area contributed by atoms with Crippen molar-refractivity contribution in [1.29, 1.82) is 0 Å². The maximum absolute atomic E-state index is 12.4. The fraction of sp³-hybridized carbons (Fsp3) is 0.571. The molecule has 0 aromatic heterocycles. The highest BCUT2D eigenvalue weighted by atomic mass is 32.2. The second kappa shape index (κ2) is 5.13. The van der Waals surface area contributed by atoms with Gasteiger partial charge in [0.15, 0.2) is 0 Å². The van der Waals surface area contributed by atoms with Crippen LogP contribution in [0.4, 0.5) is 0 Å². The smallest absolute Gasteiger partial charge is 0.244 e. The number of para-hydroxylation sites is 1. The van der Waals surface area contributed by atoms with Crippen LogP contribution in [0.1, 0.15) is 33.1 Å². The molecule has 2 rings (SSSR count). The molecular formula is C14H21NO3S. The minimum atomic E-state index is -3.51. The SMILES string of the molecule is COc1ccccc1S(=O)(=O)NC1CCC(C)(C)C1. The molecule has 1 unspecified atom stereocenters. The molecule has 1 fully saturated rings. The van der Waals surface area contributed by atoms with Gasteiger partial charge in [-0.1, -0.05) is 26.0 Å². The van der Waals surface area contributed by atoms with Gasteiger partial charge in [-0.3, -0.25) is 0 Å². The Balaban J connectivity index is 2.19. The zero-order chi connectivity index (χ0) is 14.1. The number of methoxy groups -OCH3 is 1. The fourth-order valence-corrected chi connectivity index (χ4v) is 4.10. The van der Waals surface area contributed by atoms with E-state index in [4.69, 9.17) is 4.74 Å². The van der Waals surface area contributed by atoms with E-state index in [2.05, 4.69) is 18.6 Å². The van der Waals surface area contributed by atoms with E-state index < -0.39 is 10.0 Å². The predicted octanol–water partition coefficient (Wildman–Crippen LogP) is 2.55. The fourth-order valence-electron chi connectivity index (χ4n) is 2.66. The first-order valence-electron chi connectivity index (χ1n) is 6.49. The van der Waals surface area contributed by atoms with Crippen molar-refractivity contribution < 1.29 is 13.2 Å². The van der Waals surface area contributed by atoms with E-state index in [-0.39, 0.29) is 16.4 Å². The Morgan fingerprint density at radius 3 is 2.58 bits per heavy atom. The molecule has 106 valence electrons. The molecule has 0 spiro atoms. The second-order valence-electron chi connectivity index (χ2n) is 5.88. The summed E-state index contributed by atoms with van der Waals surface area (Å²) in [5.41, 5.74) is 0.216. The molecule has 1 saturated carbocycles. The monoisotopic (exact) mass is 283 g/mol. The van der Waals surface area contributed by atoms with Gasteiger partial charge < -0.3 is 4.74 Å². The van der Waals surface area contributed by atoms with Gasteiger partial charge in [0.1, 0.15) is 10.6 Å². The molecular weight excluding hydrogens is 262 g/mol. The molecule has 0 radical (unpaired) electrons. The van der Waals surface area contributed by atoms with E-state index >= 15 is 0 Å². The predicted molar refractivity (Wildman–Crippen MR) is 74.7 cm³/mol. The summed E-state index contributed by atoms with van der Waals surface area (Å²) in [4.78, 5) is 0.210. The lowest BCUT2D eigenvalue weighted by molar-refractivity contribution is 0.372. The molecule has 1 aliphatic carbocycles. The minimum absolute atomic E-state index is 0.0184. The third kappa shape index (κ3) is 3.28. The average molecular weight is 283 g/mol. The Morgan fingerprint density at radius 1 is 1.32 bits per heavy atom. The van der Waals surface area contributed by atoms with Gasteiger partial charge in [-0.25, -0.2) is 13.1 Å². The standard InChI is InChI=1S/C14H21NO3S/c1-14(2)9-8-11(10-14)15-19(16,17)13-7-5-4-6-12(13)18-3/h4-7,11,15H,8-10H2,1-3H3. The molecule has 1 atom stereocenters. The highest BCUT2D eigenvalue weighted by Gasteiger charge is 2.34. The maximum Gasteiger partial charge on any atom is 0.244 e. The number of hydrogen-bond donors (Lipinski definition) is 1. The van der Waals surface area contributed by atoms with Gasteiger partial charge in [0.2, 0.25) is 10.0 Å². The molecule has 19 heavy (non-hydrogen) atoms. The molecule has 1 aliphatic rings. The Bertz CT molecular complexity index is 552. The van der Waals surface area contributed by atoms with Crippen LogP contribution in [0.3, 0.4) is 0 Å². The summed E-state index contributed by atoms with van der Waals surface area (Å²) in [6.07, 6.45) is 2.81. The zero-order valence-corrected chi connectivity index (χ0v) is 12.5. The van der Waals surface area contributed by atoms with E-state index in [9.17, 15) is 8.42 Å². The van der Waals surface area contributed by atoms with Gasteiger partial charge in [-0.05, 0) is 36.8 Å². The third-order valence-corrected chi connectivity index (χ3v) is 5.21. The first-order valence-corrected chi connectivity index (χ1v) is 7.98. The van der Waals surface area contributed by atoms with Crippen molar-refractivity contribution >= 4 is 10.0 Å². The Kier molecular flexibility index (Phi) is 3.87. The van der Waals surface area contributed by atoms with E-state index in [1.54, 1.807) is 24.3 Å². The topological polar surface area (TPSA) is 55.4 Å². The van der Waals surface area contributed by atoms with Gasteiger partial charge >= 0.3 is 0 Å². The lowest BCUT2D eigenvalue weighted by Crippen LogP contribution is -2.33. The van der Waals surface area contributed by atoms with Crippen molar-refractivity contribution in [2.45, 2.75) is 44.0 Å². The highest BCUT2D eigenvalue weighted by molar-refractivity contribution is 7.89. The van der Waals surface area contributed by atoms with Crippen LogP contribution in [0.2, 0.25) is 0 Å². The summed E-state index contributed by atoms with van der Waals surface area (Å²) in [5.74, 6) is 0.382. The van der Waals surface area contributed by atoms with E-state index in [0.717, 1.165) is 19.3 Å². The van der Waals surface area contributed by atoms with Crippen molar-refractivity contribution in [3.05, 3.63) is 24.3 Å². The first kappa shape index (κ1) is 14.3. The van der Waals surface area contributed by atoms with Crippen molar-refractivity contribution in [2.24, 2.45) is 5.41 Å². The summed E-state index contributed by atoms with van der Waals surface area (Å²) < 4.78 is 32.7. The zero-order valence-electron chi connectivity index (χ0n) is 11.6. The summed E-state index contributed by atoms with van der Waals surface area (Å²) in [6, 6.07) is 6.71. The number of ether oxygens (including phenoxy) is 1. The van der Waals surface area contributed by atoms with E-state index in [1.165, 1.54) is 7.11 Å². The van der Waals surface area contributed by atoms with Gasteiger partial charge in [0, 0.05) is 6.04 Å². The van der Waals surface area contributed by atoms with Crippen molar-refractivity contribution in [3.8, 4) is 5.75 Å². The van der Waals surface area contributed by atoms with Crippen molar-refractivity contribution in [3.63, 3.8) is 0 Å². The van der Waals surface area contributed by atoms with Gasteiger partial charge in [0.25, 0.3) is 0 Å². The summed E-state index contributed by atoms with van der Waals surface area (Å²) in [5, 5.41) is 0. The average Bonchev–Trinajstić information content (AvgIpc) is 2.67. The van der Waals surface area contributed by atoms with Crippen molar-refractivity contribution in [1.82, 2.24) is 4.72 Å². The molecule has 1 aromatic rings. The number of rotatable bonds is 4. The summed E-state index contributed by atoms with van der Waals surface area (Å²) >= 11 is 0. The minimum Gasteiger partial charge on any atom is -0.495 e. The molecule has 0 saturated heterocycles. The van der Waals surface area contributed by atoms with E-state index in [0.29, 0.717) is 5.75 Å². The van der Waals surface area contributed by atoms with Gasteiger partial charge in [0.05, 0.1) is 7.11 Å². The largest absolute Gasteiger partial charge is 0.495 e. The second-order valence-corrected chi connectivity index (χ2v) is 7.56. The molecule has 5 heteroatoms. The molecule has 4 nitrogen and oxygen atoms in total. The molecule has 0 amide bonds. The third-order valence-electron chi connectivity index (χ3n) is 3.65. The highest BCUT2D eigenvalue weighted by Crippen LogP contribution is 2.37. The lowest BCUT2D eigenvalue weighted by atomic mass is 9.92. The summed E-state index contributed by atoms with van der Waals surface area (Å²) in [6.45, 7) is 4.34. The molecule has 1 N–H and O–H groups in total. The number of benzene rings is 1. The first-order chi connectivity index (χ1) is 8.84. The Hall–Kier alpha value is -1.07. The van der Waals surface area contributed by atoms with Gasteiger partial charge in [-0.15, -0.1) is 0 Å². The molecule has 0 aliphatic heterocycles. The maximum atomic E-state index is 12.4. The number of sulfonamides is 1. The van der Waals surface area contributed by atoms with Crippen LogP contribution in [0.15, 0.2) is 29.2 Å². The van der Waals surface area contributed by atoms with Crippen LogP contribution in [0.25, 0.3) is 0 Å². The van der Waals surface area contributed by atoms with E-state index in [1.807, 2.05) is 0 Å². The molecule has 0 bridgehead atoms. The Morgan fingerprint density at radius 2 is 2.00 bits per heavy atom. The summed E-state index contributed by atoms with van der Waals surface area (Å²) in [7, 11) is -2.03. The van der Waals surface area contributed by atoms with Crippen LogP contribution in [0, 0.1) is 5.41 Å². The van der Waals surface area contributed by atoms with Gasteiger partial charge in [-0.2, -0.15) is 0 Å². The normalized spacial score (nSPS) is 22.4. The van der Waals surface area contributed by atoms with Crippen LogP contribution in [-0.2, 0) is 10.0 Å². The van der Waals surface area contributed by atoms with Crippen LogP contribution >= 0.6 is 0 Å².